The summed E-state index contributed by atoms with van der Waals surface area (Å²) < 4.78 is 2.31. The molecule has 150 valence electrons. The highest BCUT2D eigenvalue weighted by molar-refractivity contribution is 8.00. The Labute approximate surface area is 179 Å². The number of guanidine groups is 1. The highest BCUT2D eigenvalue weighted by Gasteiger charge is 2.36. The summed E-state index contributed by atoms with van der Waals surface area (Å²) in [6.45, 7) is 5.61. The molecule has 1 atom stereocenters. The molecule has 3 aliphatic heterocycles. The minimum atomic E-state index is -0.178. The minimum absolute atomic E-state index is 0.0125. The van der Waals surface area contributed by atoms with Crippen molar-refractivity contribution in [2.45, 2.75) is 25.8 Å². The number of aliphatic imine (C=N–C) groups is 1. The Morgan fingerprint density at radius 2 is 1.89 bits per heavy atom. The van der Waals surface area contributed by atoms with Crippen LogP contribution in [0.15, 0.2) is 34.3 Å². The summed E-state index contributed by atoms with van der Waals surface area (Å²) >= 11 is 14.1. The van der Waals surface area contributed by atoms with Crippen LogP contribution in [0, 0.1) is 5.92 Å². The van der Waals surface area contributed by atoms with Crippen molar-refractivity contribution in [3.8, 4) is 0 Å². The molecule has 0 bridgehead atoms. The van der Waals surface area contributed by atoms with E-state index >= 15 is 0 Å². The number of amides is 1. The molecule has 0 aromatic heterocycles. The van der Waals surface area contributed by atoms with Gasteiger partial charge in [-0.25, -0.2) is 9.30 Å². The molecule has 0 saturated carbocycles. The lowest BCUT2D eigenvalue weighted by Gasteiger charge is -2.33. The lowest BCUT2D eigenvalue weighted by molar-refractivity contribution is -0.122. The van der Waals surface area contributed by atoms with Crippen molar-refractivity contribution >= 4 is 52.7 Å². The number of nitrogens with zero attached hydrogens (tertiary/aromatic N) is 4. The number of hydrogen-bond donors (Lipinski definition) is 1. The molecular weight excluding hydrogens is 417 g/mol. The van der Waals surface area contributed by atoms with Crippen LogP contribution in [0.3, 0.4) is 0 Å². The molecule has 0 aliphatic carbocycles. The van der Waals surface area contributed by atoms with E-state index in [1.54, 1.807) is 18.0 Å². The van der Waals surface area contributed by atoms with E-state index < -0.39 is 0 Å². The molecule has 1 aromatic carbocycles. The van der Waals surface area contributed by atoms with Crippen LogP contribution in [-0.2, 0) is 4.79 Å². The largest absolute Gasteiger partial charge is 0.369 e. The molecule has 2 saturated heterocycles. The van der Waals surface area contributed by atoms with Crippen molar-refractivity contribution in [3.63, 3.8) is 0 Å². The Bertz CT molecular complexity index is 817. The van der Waals surface area contributed by atoms with Crippen molar-refractivity contribution < 1.29 is 4.79 Å². The van der Waals surface area contributed by atoms with E-state index in [1.807, 2.05) is 18.3 Å². The van der Waals surface area contributed by atoms with E-state index in [2.05, 4.69) is 21.0 Å². The molecule has 1 amide bonds. The second-order valence-corrected chi connectivity index (χ2v) is 9.53. The number of halogens is 2. The van der Waals surface area contributed by atoms with Gasteiger partial charge in [-0.1, -0.05) is 23.2 Å². The standard InChI is InChI=1S/C19H23Cl2N5OS/c1-12-10-26(16-7-14(20)6-15(21)8-16)19-23-9-17(11-25(12)19)28-24-4-2-13(3-5-24)18(22)27/h6-9,12-13H,2-5,10-11H2,1H3,(H2,22,27). The molecule has 4 rings (SSSR count). The van der Waals surface area contributed by atoms with Gasteiger partial charge in [0.2, 0.25) is 11.9 Å². The van der Waals surface area contributed by atoms with Crippen LogP contribution in [0.5, 0.6) is 0 Å². The van der Waals surface area contributed by atoms with Gasteiger partial charge in [0.15, 0.2) is 0 Å². The summed E-state index contributed by atoms with van der Waals surface area (Å²) in [4.78, 5) is 21.8. The van der Waals surface area contributed by atoms with Crippen molar-refractivity contribution in [3.05, 3.63) is 39.3 Å². The first-order chi connectivity index (χ1) is 13.4. The molecule has 2 fully saturated rings. The maximum atomic E-state index is 11.3. The normalized spacial score (nSPS) is 23.5. The number of benzene rings is 1. The van der Waals surface area contributed by atoms with Gasteiger partial charge in [-0.15, -0.1) is 0 Å². The van der Waals surface area contributed by atoms with E-state index in [9.17, 15) is 4.79 Å². The zero-order valence-electron chi connectivity index (χ0n) is 15.6. The van der Waals surface area contributed by atoms with Gasteiger partial charge in [0.1, 0.15) is 0 Å². The maximum absolute atomic E-state index is 11.3. The summed E-state index contributed by atoms with van der Waals surface area (Å²) in [6.07, 6.45) is 3.61. The van der Waals surface area contributed by atoms with Crippen LogP contribution in [0.4, 0.5) is 5.69 Å². The second-order valence-electron chi connectivity index (χ2n) is 7.44. The third kappa shape index (κ3) is 4.13. The van der Waals surface area contributed by atoms with Gasteiger partial charge < -0.3 is 15.5 Å². The number of hydrogen-bond acceptors (Lipinski definition) is 6. The Morgan fingerprint density at radius 3 is 2.54 bits per heavy atom. The number of carbonyl (C=O) groups is 1. The van der Waals surface area contributed by atoms with Crippen LogP contribution in [-0.4, -0.2) is 53.3 Å². The summed E-state index contributed by atoms with van der Waals surface area (Å²) in [5, 5.41) is 1.24. The Balaban J connectivity index is 1.46. The number of nitrogens with two attached hydrogens (primary N) is 1. The van der Waals surface area contributed by atoms with Gasteiger partial charge in [0, 0.05) is 58.4 Å². The zero-order valence-corrected chi connectivity index (χ0v) is 18.0. The Hall–Kier alpha value is -1.41. The predicted octanol–water partition coefficient (Wildman–Crippen LogP) is 3.56. The lowest BCUT2D eigenvalue weighted by Crippen LogP contribution is -2.39. The smallest absolute Gasteiger partial charge is 0.220 e. The van der Waals surface area contributed by atoms with Gasteiger partial charge in [0.25, 0.3) is 0 Å². The first kappa shape index (κ1) is 19.9. The Kier molecular flexibility index (Phi) is 5.78. The molecule has 2 N–H and O–H groups in total. The van der Waals surface area contributed by atoms with Gasteiger partial charge in [0.05, 0.1) is 6.54 Å². The highest BCUT2D eigenvalue weighted by Crippen LogP contribution is 2.34. The fraction of sp³-hybridized carbons (Fsp3) is 0.474. The van der Waals surface area contributed by atoms with E-state index in [0.29, 0.717) is 16.1 Å². The number of anilines is 1. The molecule has 28 heavy (non-hydrogen) atoms. The summed E-state index contributed by atoms with van der Waals surface area (Å²) in [7, 11) is 0. The van der Waals surface area contributed by atoms with Gasteiger partial charge in [-0.2, -0.15) is 0 Å². The maximum Gasteiger partial charge on any atom is 0.220 e. The molecule has 9 heteroatoms. The monoisotopic (exact) mass is 439 g/mol. The summed E-state index contributed by atoms with van der Waals surface area (Å²) in [5.74, 6) is 0.768. The van der Waals surface area contributed by atoms with Crippen LogP contribution < -0.4 is 10.6 Å². The highest BCUT2D eigenvalue weighted by atomic mass is 35.5. The fourth-order valence-corrected chi connectivity index (χ4v) is 5.41. The van der Waals surface area contributed by atoms with Gasteiger partial charge in [-0.3, -0.25) is 4.79 Å². The van der Waals surface area contributed by atoms with Crippen LogP contribution in [0.25, 0.3) is 0 Å². The Morgan fingerprint density at radius 1 is 1.21 bits per heavy atom. The van der Waals surface area contributed by atoms with E-state index in [4.69, 9.17) is 33.9 Å². The van der Waals surface area contributed by atoms with Crippen LogP contribution >= 0.6 is 35.1 Å². The van der Waals surface area contributed by atoms with Crippen LogP contribution in [0.2, 0.25) is 10.0 Å². The molecular formula is C19H23Cl2N5OS. The summed E-state index contributed by atoms with van der Waals surface area (Å²) in [5.41, 5.74) is 6.39. The SMILES string of the molecule is CC1CN(c2cc(Cl)cc(Cl)c2)C2=NC=C(SN3CCC(C(N)=O)CC3)CN21. The van der Waals surface area contributed by atoms with Gasteiger partial charge in [-0.05, 0) is 49.9 Å². The van der Waals surface area contributed by atoms with E-state index in [1.165, 1.54) is 4.91 Å². The third-order valence-electron chi connectivity index (χ3n) is 5.39. The summed E-state index contributed by atoms with van der Waals surface area (Å²) in [6, 6.07) is 5.91. The first-order valence-corrected chi connectivity index (χ1v) is 10.9. The number of rotatable bonds is 4. The topological polar surface area (TPSA) is 65.2 Å². The fourth-order valence-electron chi connectivity index (χ4n) is 3.87. The van der Waals surface area contributed by atoms with Crippen LogP contribution in [0.1, 0.15) is 19.8 Å². The molecule has 3 heterocycles. The molecule has 1 aromatic rings. The van der Waals surface area contributed by atoms with Crippen molar-refractivity contribution in [2.24, 2.45) is 16.6 Å². The molecule has 1 unspecified atom stereocenters. The third-order valence-corrected chi connectivity index (χ3v) is 6.92. The molecule has 0 radical (unpaired) electrons. The number of fused-ring (bicyclic) bond motifs is 1. The van der Waals surface area contributed by atoms with Crippen molar-refractivity contribution in [1.82, 2.24) is 9.21 Å². The van der Waals surface area contributed by atoms with E-state index in [0.717, 1.165) is 50.7 Å². The predicted molar refractivity (Wildman–Crippen MR) is 117 cm³/mol. The number of piperidine rings is 1. The molecule has 0 spiro atoms. The molecule has 3 aliphatic rings. The van der Waals surface area contributed by atoms with Crippen molar-refractivity contribution in [1.29, 1.82) is 0 Å². The minimum Gasteiger partial charge on any atom is -0.369 e. The number of carbonyl (C=O) groups excluding carboxylic acids is 1. The van der Waals surface area contributed by atoms with Gasteiger partial charge >= 0.3 is 0 Å². The average molecular weight is 440 g/mol. The van der Waals surface area contributed by atoms with E-state index in [-0.39, 0.29) is 11.8 Å². The quantitative estimate of drug-likeness (QED) is 0.726. The second kappa shape index (κ2) is 8.14. The number of primary amides is 1. The lowest BCUT2D eigenvalue weighted by atomic mass is 9.98. The molecule has 6 nitrogen and oxygen atoms in total. The van der Waals surface area contributed by atoms with Crippen molar-refractivity contribution in [2.75, 3.05) is 31.1 Å². The first-order valence-electron chi connectivity index (χ1n) is 9.40. The zero-order chi connectivity index (χ0) is 19.8. The average Bonchev–Trinajstić information content (AvgIpc) is 2.98.